The van der Waals surface area contributed by atoms with Crippen molar-refractivity contribution in [3.63, 3.8) is 0 Å². The van der Waals surface area contributed by atoms with Crippen LogP contribution in [-0.4, -0.2) is 215 Å². The fraction of sp³-hybridized carbons (Fsp3) is 0.607. The normalized spacial score (nSPS) is 13.4. The van der Waals surface area contributed by atoms with Crippen LogP contribution in [0.15, 0.2) is 18.2 Å². The van der Waals surface area contributed by atoms with E-state index in [9.17, 15) is 71.9 Å². The maximum Gasteiger partial charge on any atom is 0.352 e. The summed E-state index contributed by atoms with van der Waals surface area (Å²) in [7, 11) is 0. The predicted molar refractivity (Wildman–Crippen MR) is 424 cm³/mol. The van der Waals surface area contributed by atoms with E-state index in [1.165, 1.54) is 102 Å². The van der Waals surface area contributed by atoms with Crippen molar-refractivity contribution >= 4 is 89.4 Å². The molecule has 3 aromatic carbocycles. The number of hydrogen-bond acceptors (Lipinski definition) is 30. The molecule has 33 nitrogen and oxygen atoms in total. The molecule has 9 unspecified atom stereocenters. The van der Waals surface area contributed by atoms with Crippen molar-refractivity contribution in [2.24, 2.45) is 0 Å². The summed E-state index contributed by atoms with van der Waals surface area (Å²) < 4.78 is 80.9. The van der Waals surface area contributed by atoms with E-state index in [2.05, 4.69) is 0 Å². The van der Waals surface area contributed by atoms with Gasteiger partial charge in [0, 0.05) is 78.9 Å². The lowest BCUT2D eigenvalue weighted by Gasteiger charge is -2.39. The van der Waals surface area contributed by atoms with Gasteiger partial charge in [0.2, 0.25) is 11.8 Å². The van der Waals surface area contributed by atoms with Crippen LogP contribution in [0.2, 0.25) is 0 Å². The lowest BCUT2D eigenvalue weighted by Crippen LogP contribution is -2.54. The Morgan fingerprint density at radius 2 is 0.487 bits per heavy atom. The lowest BCUT2D eigenvalue weighted by atomic mass is 10.0. The van der Waals surface area contributed by atoms with Crippen molar-refractivity contribution < 1.29 is 143 Å². The van der Waals surface area contributed by atoms with Crippen molar-refractivity contribution in [2.45, 2.75) is 300 Å². The summed E-state index contributed by atoms with van der Waals surface area (Å²) in [6, 6.07) is 5.03. The fourth-order valence-corrected chi connectivity index (χ4v) is 11.3. The Morgan fingerprint density at radius 1 is 0.282 bits per heavy atom. The Hall–Kier alpha value is -10.9. The molecule has 33 heteroatoms. The van der Waals surface area contributed by atoms with Gasteiger partial charge in [-0.25, -0.2) is 24.0 Å². The topological polar surface area (TPSA) is 404 Å². The van der Waals surface area contributed by atoms with Gasteiger partial charge in [0.25, 0.3) is 5.91 Å². The third kappa shape index (κ3) is 35.2. The number of rotatable bonds is 33. The summed E-state index contributed by atoms with van der Waals surface area (Å²) in [4.78, 5) is 184. The van der Waals surface area contributed by atoms with Gasteiger partial charge >= 0.3 is 71.6 Å². The molecule has 0 aromatic heterocycles. The second-order valence-corrected chi connectivity index (χ2v) is 31.1. The van der Waals surface area contributed by atoms with Gasteiger partial charge in [-0.1, -0.05) is 0 Å². The van der Waals surface area contributed by atoms with Gasteiger partial charge in [-0.3, -0.25) is 47.9 Å². The summed E-state index contributed by atoms with van der Waals surface area (Å²) in [5, 5.41) is 0. The molecule has 0 fully saturated rings. The molecule has 0 saturated heterocycles. The van der Waals surface area contributed by atoms with Crippen molar-refractivity contribution in [1.82, 2.24) is 14.7 Å². The fourth-order valence-electron chi connectivity index (χ4n) is 11.3. The Labute approximate surface area is 686 Å². The second-order valence-electron chi connectivity index (χ2n) is 31.1. The molecule has 3 aromatic rings. The highest BCUT2D eigenvalue weighted by atomic mass is 16.6. The molecule has 3 amide bonds. The van der Waals surface area contributed by atoms with Crippen LogP contribution in [0.5, 0.6) is 34.5 Å². The molecule has 9 atom stereocenters. The van der Waals surface area contributed by atoms with Gasteiger partial charge in [0.15, 0.2) is 54.9 Å². The van der Waals surface area contributed by atoms with Crippen molar-refractivity contribution in [1.29, 1.82) is 0 Å². The maximum atomic E-state index is 13.3. The van der Waals surface area contributed by atoms with Gasteiger partial charge in [-0.2, -0.15) is 0 Å². The van der Waals surface area contributed by atoms with Gasteiger partial charge in [0.05, 0.1) is 19.6 Å². The van der Waals surface area contributed by atoms with E-state index >= 15 is 0 Å². The summed E-state index contributed by atoms with van der Waals surface area (Å²) in [6.45, 7) is 52.0. The molecule has 3 rings (SSSR count). The number of aryl methyl sites for hydroxylation is 3. The zero-order valence-electron chi connectivity index (χ0n) is 74.3. The summed E-state index contributed by atoms with van der Waals surface area (Å²) in [5.74, 6) is -6.49. The lowest BCUT2D eigenvalue weighted by molar-refractivity contribution is -0.173. The smallest absolute Gasteiger partial charge is 0.352 e. The van der Waals surface area contributed by atoms with Crippen LogP contribution in [-0.2, 0) is 115 Å². The molecule has 0 aliphatic rings. The van der Waals surface area contributed by atoms with Crippen LogP contribution in [0, 0.1) is 62.3 Å². The number of ether oxygens (including phenoxy) is 15. The minimum atomic E-state index is -1.22. The van der Waals surface area contributed by atoms with Crippen LogP contribution >= 0.6 is 0 Å². The molecule has 0 heterocycles. The standard InChI is InChI=1S/C31H45NO12.C28H41NO10.C25H37NO8/c1-16-13-26(17(2)18(3)27(16)44-30(38)21(6)42-24(9)35)39-15-25(43-29(37)20(5)41-23(8)34)14-32(31(10,11)12)28(36)19(4)40-22(7)33;1-15-12-24(16(2)17(3)25(15)39-27(34)19(5)37-22(8)32)35-14-23(13-29(20(6)30)28(9,10)11)38-26(33)18(4)36-21(7)31;1-14-11-22(15(2)16(3)23(14)34-24(30)17(4)32-19(6)28)31-13-21(33-20(7)29)12-26(18(5)27)25(8,9)10/h13,19-21,25H,14-15H2,1-12H3;12,18-19,23H,13-14H2,1-11H3;11,17,21H,12-13H2,1-10H3. The van der Waals surface area contributed by atoms with E-state index in [1.54, 1.807) is 104 Å². The zero-order valence-corrected chi connectivity index (χ0v) is 74.3. The Morgan fingerprint density at radius 3 is 0.701 bits per heavy atom. The molecule has 0 bridgehead atoms. The monoisotopic (exact) mass is 1650 g/mol. The van der Waals surface area contributed by atoms with E-state index in [0.717, 1.165) is 12.5 Å². The van der Waals surface area contributed by atoms with Crippen LogP contribution in [0.1, 0.15) is 216 Å². The van der Waals surface area contributed by atoms with E-state index in [4.69, 9.17) is 71.1 Å². The van der Waals surface area contributed by atoms with E-state index < -0.39 is 149 Å². The number of carbonyl (C=O) groups is 15. The first-order valence-corrected chi connectivity index (χ1v) is 37.9. The molecule has 0 spiro atoms. The largest absolute Gasteiger partial charge is 0.489 e. The minimum absolute atomic E-state index is 0.0295. The third-order valence-corrected chi connectivity index (χ3v) is 17.4. The van der Waals surface area contributed by atoms with Gasteiger partial charge in [0.1, 0.15) is 54.3 Å². The van der Waals surface area contributed by atoms with Crippen molar-refractivity contribution in [3.8, 4) is 34.5 Å². The maximum absolute atomic E-state index is 13.3. The minimum Gasteiger partial charge on any atom is -0.489 e. The Balaban J connectivity index is 0.000000885. The molecule has 117 heavy (non-hydrogen) atoms. The van der Waals surface area contributed by atoms with Crippen LogP contribution in [0.4, 0.5) is 0 Å². The van der Waals surface area contributed by atoms with Crippen molar-refractivity contribution in [3.05, 3.63) is 68.3 Å². The quantitative estimate of drug-likeness (QED) is 0.0311. The first-order chi connectivity index (χ1) is 53.5. The highest BCUT2D eigenvalue weighted by molar-refractivity contribution is 5.85. The Kier molecular flexibility index (Phi) is 41.1. The number of hydrogen-bond donors (Lipinski definition) is 0. The van der Waals surface area contributed by atoms with Crippen LogP contribution in [0.25, 0.3) is 0 Å². The van der Waals surface area contributed by atoms with Crippen molar-refractivity contribution in [2.75, 3.05) is 39.5 Å². The molecular formula is C84H123N3O30. The molecular weight excluding hydrogens is 1530 g/mol. The third-order valence-electron chi connectivity index (χ3n) is 17.4. The van der Waals surface area contributed by atoms with E-state index in [-0.39, 0.29) is 57.0 Å². The zero-order chi connectivity index (χ0) is 90.7. The SMILES string of the molecule is CC(=O)OC(C)C(=O)Oc1c(C)cc(OCC(CN(C(=O)C(C)OC(C)=O)C(C)(C)C)OC(=O)C(C)OC(C)=O)c(C)c1C.CC(=O)OC(C)C(=O)Oc1c(C)cc(OCC(CN(C(C)=O)C(C)(C)C)OC(=O)C(C)OC(C)=O)c(C)c1C.CC(=O)OC(COc1cc(C)c(OC(=O)C(C)OC(C)=O)c(C)c1C)CN(C(C)=O)C(C)(C)C. The molecule has 0 saturated carbocycles. The average molecular weight is 1650 g/mol. The number of carbonyl (C=O) groups excluding carboxylic acids is 15. The number of amides is 3. The first-order valence-electron chi connectivity index (χ1n) is 37.9. The van der Waals surface area contributed by atoms with E-state index in [0.29, 0.717) is 73.3 Å². The Bertz CT molecular complexity index is 4080. The average Bonchev–Trinajstić information content (AvgIpc) is 0.814. The molecule has 654 valence electrons. The summed E-state index contributed by atoms with van der Waals surface area (Å²) >= 11 is 0. The second kappa shape index (κ2) is 46.2. The number of nitrogens with zero attached hydrogens (tertiary/aromatic N) is 3. The first kappa shape index (κ1) is 104. The van der Waals surface area contributed by atoms with Crippen LogP contribution < -0.4 is 28.4 Å². The predicted octanol–water partition coefficient (Wildman–Crippen LogP) is 10.1. The van der Waals surface area contributed by atoms with Gasteiger partial charge in [-0.05, 0) is 234 Å². The molecule has 0 N–H and O–H groups in total. The van der Waals surface area contributed by atoms with Gasteiger partial charge < -0.3 is 85.8 Å². The molecule has 0 aliphatic carbocycles. The van der Waals surface area contributed by atoms with Crippen LogP contribution in [0.3, 0.4) is 0 Å². The number of esters is 12. The summed E-state index contributed by atoms with van der Waals surface area (Å²) in [5.41, 5.74) is 3.90. The molecule has 0 aliphatic heterocycles. The highest BCUT2D eigenvalue weighted by Gasteiger charge is 2.38. The van der Waals surface area contributed by atoms with Gasteiger partial charge in [-0.15, -0.1) is 0 Å². The highest BCUT2D eigenvalue weighted by Crippen LogP contribution is 2.37. The van der Waals surface area contributed by atoms with E-state index in [1.807, 2.05) is 48.5 Å². The summed E-state index contributed by atoms with van der Waals surface area (Å²) in [6.07, 6.45) is -9.29. The number of benzene rings is 3. The molecule has 0 radical (unpaired) electrons.